The molecule has 0 saturated carbocycles. The molecule has 3 aromatic rings. The van der Waals surface area contributed by atoms with Gasteiger partial charge in [-0.2, -0.15) is 0 Å². The molecule has 0 amide bonds. The quantitative estimate of drug-likeness (QED) is 0.393. The van der Waals surface area contributed by atoms with E-state index in [1.165, 1.54) is 0 Å². The van der Waals surface area contributed by atoms with Crippen molar-refractivity contribution in [1.29, 1.82) is 0 Å². The van der Waals surface area contributed by atoms with Crippen LogP contribution in [0.2, 0.25) is 0 Å². The molecular formula is C30H34O5. The Labute approximate surface area is 207 Å². The van der Waals surface area contributed by atoms with Gasteiger partial charge >= 0.3 is 0 Å². The van der Waals surface area contributed by atoms with Crippen molar-refractivity contribution in [2.45, 2.75) is 57.3 Å². The summed E-state index contributed by atoms with van der Waals surface area (Å²) in [7, 11) is 0. The Morgan fingerprint density at radius 2 is 1.20 bits per heavy atom. The summed E-state index contributed by atoms with van der Waals surface area (Å²) in [6.07, 6.45) is 0.920. The summed E-state index contributed by atoms with van der Waals surface area (Å²) in [5, 5.41) is 11.4. The summed E-state index contributed by atoms with van der Waals surface area (Å²) >= 11 is 0. The number of rotatable bonds is 11. The zero-order chi connectivity index (χ0) is 24.3. The lowest BCUT2D eigenvalue weighted by Crippen LogP contribution is -2.59. The molecule has 1 saturated heterocycles. The molecule has 4 rings (SSSR count). The molecule has 1 N–H and O–H groups in total. The third kappa shape index (κ3) is 7.34. The largest absolute Gasteiger partial charge is 0.387 e. The summed E-state index contributed by atoms with van der Waals surface area (Å²) in [5.41, 5.74) is 3.15. The van der Waals surface area contributed by atoms with E-state index in [9.17, 15) is 5.11 Å². The van der Waals surface area contributed by atoms with Gasteiger partial charge in [0.2, 0.25) is 0 Å². The third-order valence-corrected chi connectivity index (χ3v) is 6.04. The fraction of sp³-hybridized carbons (Fsp3) is 0.333. The van der Waals surface area contributed by atoms with Crippen molar-refractivity contribution in [2.75, 3.05) is 6.61 Å². The number of aliphatic hydroxyl groups excluding tert-OH is 1. The van der Waals surface area contributed by atoms with Crippen LogP contribution in [0.15, 0.2) is 103 Å². The molecule has 0 radical (unpaired) electrons. The summed E-state index contributed by atoms with van der Waals surface area (Å²) in [6.45, 7) is 3.43. The number of allylic oxidation sites excluding steroid dienone is 1. The Bertz CT molecular complexity index is 1010. The van der Waals surface area contributed by atoms with Gasteiger partial charge in [0.15, 0.2) is 0 Å². The Hall–Kier alpha value is -2.80. The molecule has 0 aliphatic carbocycles. The van der Waals surface area contributed by atoms with Gasteiger partial charge in [-0.1, -0.05) is 103 Å². The minimum absolute atomic E-state index is 0.296. The highest BCUT2D eigenvalue weighted by molar-refractivity contribution is 5.15. The molecule has 0 aromatic heterocycles. The lowest BCUT2D eigenvalue weighted by atomic mass is 9.94. The van der Waals surface area contributed by atoms with Gasteiger partial charge in [-0.05, 0) is 23.6 Å². The summed E-state index contributed by atoms with van der Waals surface area (Å²) < 4.78 is 24.9. The van der Waals surface area contributed by atoms with E-state index in [2.05, 4.69) is 0 Å². The van der Waals surface area contributed by atoms with E-state index in [0.29, 0.717) is 26.4 Å². The zero-order valence-corrected chi connectivity index (χ0v) is 20.1. The van der Waals surface area contributed by atoms with Crippen LogP contribution in [0.1, 0.15) is 23.6 Å². The van der Waals surface area contributed by atoms with Crippen LogP contribution in [-0.2, 0) is 38.8 Å². The van der Waals surface area contributed by atoms with Crippen LogP contribution in [0.25, 0.3) is 0 Å². The maximum Gasteiger partial charge on any atom is 0.116 e. The van der Waals surface area contributed by atoms with Gasteiger partial charge in [0, 0.05) is 0 Å². The van der Waals surface area contributed by atoms with Crippen molar-refractivity contribution < 1.29 is 24.1 Å². The standard InChI is InChI=1S/C30H34O5/c1-2-12-26-29(33-20-24-15-8-4-9-16-24)28(31)30(34-21-25-17-10-5-11-18-25)27(35-26)22-32-19-23-13-6-3-7-14-23/h2-18,26-31H,19-22H2,1H3/b12-2+. The normalized spacial score (nSPS) is 24.6. The summed E-state index contributed by atoms with van der Waals surface area (Å²) in [5.74, 6) is 0. The Morgan fingerprint density at radius 3 is 1.71 bits per heavy atom. The van der Waals surface area contributed by atoms with Crippen LogP contribution in [0, 0.1) is 0 Å². The van der Waals surface area contributed by atoms with Crippen molar-refractivity contribution >= 4 is 0 Å². The fourth-order valence-corrected chi connectivity index (χ4v) is 4.24. The molecule has 0 bridgehead atoms. The Morgan fingerprint density at radius 1 is 0.714 bits per heavy atom. The van der Waals surface area contributed by atoms with E-state index in [4.69, 9.17) is 18.9 Å². The molecule has 5 atom stereocenters. The molecular weight excluding hydrogens is 440 g/mol. The second-order valence-corrected chi connectivity index (χ2v) is 8.68. The first-order chi connectivity index (χ1) is 17.2. The molecule has 0 spiro atoms. The first-order valence-corrected chi connectivity index (χ1v) is 12.1. The van der Waals surface area contributed by atoms with Crippen LogP contribution >= 0.6 is 0 Å². The lowest BCUT2D eigenvalue weighted by Gasteiger charge is -2.43. The summed E-state index contributed by atoms with van der Waals surface area (Å²) in [4.78, 5) is 0. The first kappa shape index (κ1) is 25.3. The molecule has 3 aromatic carbocycles. The second-order valence-electron chi connectivity index (χ2n) is 8.68. The number of hydrogen-bond donors (Lipinski definition) is 1. The third-order valence-electron chi connectivity index (χ3n) is 6.04. The molecule has 184 valence electrons. The van der Waals surface area contributed by atoms with Gasteiger partial charge in [0.05, 0.1) is 26.4 Å². The lowest BCUT2D eigenvalue weighted by molar-refractivity contribution is -0.250. The average molecular weight is 475 g/mol. The van der Waals surface area contributed by atoms with Gasteiger partial charge in [-0.15, -0.1) is 0 Å². The van der Waals surface area contributed by atoms with E-state index >= 15 is 0 Å². The van der Waals surface area contributed by atoms with Gasteiger partial charge in [-0.25, -0.2) is 0 Å². The van der Waals surface area contributed by atoms with Crippen molar-refractivity contribution in [3.8, 4) is 0 Å². The highest BCUT2D eigenvalue weighted by Crippen LogP contribution is 2.29. The molecule has 1 heterocycles. The van der Waals surface area contributed by atoms with E-state index < -0.39 is 30.5 Å². The van der Waals surface area contributed by atoms with Crippen LogP contribution in [0.3, 0.4) is 0 Å². The van der Waals surface area contributed by atoms with Crippen molar-refractivity contribution in [2.24, 2.45) is 0 Å². The summed E-state index contributed by atoms with van der Waals surface area (Å²) in [6, 6.07) is 29.9. The predicted octanol–water partition coefficient (Wildman–Crippen LogP) is 5.08. The van der Waals surface area contributed by atoms with Crippen LogP contribution in [-0.4, -0.2) is 42.2 Å². The highest BCUT2D eigenvalue weighted by Gasteiger charge is 2.45. The van der Waals surface area contributed by atoms with Crippen molar-refractivity contribution in [3.63, 3.8) is 0 Å². The van der Waals surface area contributed by atoms with E-state index in [-0.39, 0.29) is 0 Å². The smallest absolute Gasteiger partial charge is 0.116 e. The van der Waals surface area contributed by atoms with E-state index in [0.717, 1.165) is 16.7 Å². The monoisotopic (exact) mass is 474 g/mol. The zero-order valence-electron chi connectivity index (χ0n) is 20.1. The minimum atomic E-state index is -0.886. The Kier molecular flexibility index (Phi) is 9.64. The predicted molar refractivity (Wildman–Crippen MR) is 136 cm³/mol. The van der Waals surface area contributed by atoms with Crippen molar-refractivity contribution in [3.05, 3.63) is 120 Å². The second kappa shape index (κ2) is 13.3. The minimum Gasteiger partial charge on any atom is -0.387 e. The van der Waals surface area contributed by atoms with Crippen LogP contribution in [0.4, 0.5) is 0 Å². The molecule has 1 aliphatic heterocycles. The number of ether oxygens (including phenoxy) is 4. The average Bonchev–Trinajstić information content (AvgIpc) is 2.90. The molecule has 1 aliphatic rings. The topological polar surface area (TPSA) is 57.2 Å². The van der Waals surface area contributed by atoms with E-state index in [1.807, 2.05) is 110 Å². The molecule has 35 heavy (non-hydrogen) atoms. The number of aliphatic hydroxyl groups is 1. The van der Waals surface area contributed by atoms with Crippen molar-refractivity contribution in [1.82, 2.24) is 0 Å². The van der Waals surface area contributed by atoms with Gasteiger partial charge in [0.1, 0.15) is 30.5 Å². The highest BCUT2D eigenvalue weighted by atomic mass is 16.6. The van der Waals surface area contributed by atoms with Gasteiger partial charge < -0.3 is 24.1 Å². The van der Waals surface area contributed by atoms with Crippen LogP contribution < -0.4 is 0 Å². The van der Waals surface area contributed by atoms with E-state index in [1.54, 1.807) is 0 Å². The Balaban J connectivity index is 1.47. The SMILES string of the molecule is C/C=C/C1OC(COCc2ccccc2)C(OCc2ccccc2)C(O)C1OCc1ccccc1. The molecule has 5 unspecified atom stereocenters. The fourth-order valence-electron chi connectivity index (χ4n) is 4.24. The number of hydrogen-bond acceptors (Lipinski definition) is 5. The maximum absolute atomic E-state index is 11.4. The van der Waals surface area contributed by atoms with Crippen LogP contribution in [0.5, 0.6) is 0 Å². The van der Waals surface area contributed by atoms with Gasteiger partial charge in [-0.3, -0.25) is 0 Å². The first-order valence-electron chi connectivity index (χ1n) is 12.1. The molecule has 5 heteroatoms. The molecule has 1 fully saturated rings. The maximum atomic E-state index is 11.4. The molecule has 5 nitrogen and oxygen atoms in total. The van der Waals surface area contributed by atoms with Gasteiger partial charge in [0.25, 0.3) is 0 Å². The number of benzene rings is 3.